The molecule has 140 valence electrons. The van der Waals surface area contributed by atoms with Crippen LogP contribution in [0.1, 0.15) is 36.7 Å². The number of benzene rings is 1. The van der Waals surface area contributed by atoms with Crippen molar-refractivity contribution in [2.45, 2.75) is 50.3 Å². The normalized spacial score (nSPS) is 30.0. The third-order valence-electron chi connectivity index (χ3n) is 5.55. The number of hydrogen-bond acceptors (Lipinski definition) is 7. The summed E-state index contributed by atoms with van der Waals surface area (Å²) in [6.07, 6.45) is 1.92. The highest BCUT2D eigenvalue weighted by atomic mass is 16.6. The Bertz CT molecular complexity index is 990. The standard InChI is InChI=1S/C19H21N5O3/c1-10-15(25)16(26)19(27-10)24-9-22-14-17(20-8-21-18(14)24)23-13-7-6-11-4-2-3-5-12(11)13/h2-5,8-10,13,15-16,19,25-26H,6-7H2,1H3,(H,20,21,23)/t10-,13?,15-,16-,19-/m1/s1. The average Bonchev–Trinajstić information content (AvgIpc) is 3.36. The van der Waals surface area contributed by atoms with Crippen LogP contribution in [0.2, 0.25) is 0 Å². The van der Waals surface area contributed by atoms with Crippen LogP contribution in [0.25, 0.3) is 11.2 Å². The maximum absolute atomic E-state index is 10.3. The lowest BCUT2D eigenvalue weighted by Gasteiger charge is -2.17. The molecule has 0 saturated carbocycles. The monoisotopic (exact) mass is 367 g/mol. The molecule has 3 heterocycles. The molecule has 0 amide bonds. The summed E-state index contributed by atoms with van der Waals surface area (Å²) < 4.78 is 7.36. The van der Waals surface area contributed by atoms with Gasteiger partial charge < -0.3 is 20.3 Å². The molecule has 3 N–H and O–H groups in total. The number of nitrogens with zero attached hydrogens (tertiary/aromatic N) is 4. The Balaban J connectivity index is 1.48. The first kappa shape index (κ1) is 16.6. The van der Waals surface area contributed by atoms with Crippen LogP contribution in [0, 0.1) is 0 Å². The van der Waals surface area contributed by atoms with E-state index in [-0.39, 0.29) is 6.04 Å². The topological polar surface area (TPSA) is 105 Å². The van der Waals surface area contributed by atoms with Crippen molar-refractivity contribution in [1.82, 2.24) is 19.5 Å². The van der Waals surface area contributed by atoms with Gasteiger partial charge in [-0.15, -0.1) is 0 Å². The fraction of sp³-hybridized carbons (Fsp3) is 0.421. The molecule has 8 nitrogen and oxygen atoms in total. The Kier molecular flexibility index (Phi) is 3.85. The number of aliphatic hydroxyl groups excluding tert-OH is 2. The molecule has 3 aromatic rings. The fourth-order valence-corrected chi connectivity index (χ4v) is 4.07. The number of aliphatic hydroxyl groups is 2. The summed E-state index contributed by atoms with van der Waals surface area (Å²) in [6.45, 7) is 1.73. The third kappa shape index (κ3) is 2.60. The number of ether oxygens (including phenoxy) is 1. The summed E-state index contributed by atoms with van der Waals surface area (Å²) in [4.78, 5) is 13.2. The lowest BCUT2D eigenvalue weighted by molar-refractivity contribution is -0.0299. The van der Waals surface area contributed by atoms with E-state index in [1.807, 2.05) is 0 Å². The number of rotatable bonds is 3. The molecule has 0 radical (unpaired) electrons. The molecule has 1 fully saturated rings. The molecule has 0 spiro atoms. The molecule has 5 atom stereocenters. The SMILES string of the molecule is C[C@H]1O[C@@H](n2cnc3c(NC4CCc5ccccc54)ncnc32)[C@H](O)[C@@H]1O. The first-order valence-corrected chi connectivity index (χ1v) is 9.17. The number of aryl methyl sites for hydroxylation is 1. The second-order valence-electron chi connectivity index (χ2n) is 7.19. The van der Waals surface area contributed by atoms with Gasteiger partial charge in [0.05, 0.1) is 18.5 Å². The van der Waals surface area contributed by atoms with E-state index in [0.717, 1.165) is 12.8 Å². The van der Waals surface area contributed by atoms with Crippen molar-refractivity contribution in [3.63, 3.8) is 0 Å². The Morgan fingerprint density at radius 2 is 2.00 bits per heavy atom. The van der Waals surface area contributed by atoms with E-state index in [1.54, 1.807) is 17.8 Å². The van der Waals surface area contributed by atoms with Gasteiger partial charge in [-0.3, -0.25) is 4.57 Å². The zero-order chi connectivity index (χ0) is 18.5. The van der Waals surface area contributed by atoms with Crippen LogP contribution in [-0.2, 0) is 11.2 Å². The largest absolute Gasteiger partial charge is 0.388 e. The summed E-state index contributed by atoms with van der Waals surface area (Å²) >= 11 is 0. The highest BCUT2D eigenvalue weighted by molar-refractivity contribution is 5.83. The second-order valence-corrected chi connectivity index (χ2v) is 7.19. The van der Waals surface area contributed by atoms with Gasteiger partial charge in [0.25, 0.3) is 0 Å². The molecule has 27 heavy (non-hydrogen) atoms. The predicted molar refractivity (Wildman–Crippen MR) is 98.0 cm³/mol. The van der Waals surface area contributed by atoms with Gasteiger partial charge in [0, 0.05) is 0 Å². The van der Waals surface area contributed by atoms with Crippen molar-refractivity contribution >= 4 is 17.0 Å². The molecule has 1 aromatic carbocycles. The minimum absolute atomic E-state index is 0.180. The van der Waals surface area contributed by atoms with Gasteiger partial charge in [-0.25, -0.2) is 15.0 Å². The summed E-state index contributed by atoms with van der Waals surface area (Å²) in [7, 11) is 0. The molecule has 2 aromatic heterocycles. The van der Waals surface area contributed by atoms with Gasteiger partial charge in [0.2, 0.25) is 0 Å². The summed E-state index contributed by atoms with van der Waals surface area (Å²) in [5.74, 6) is 0.654. The number of imidazole rings is 1. The maximum atomic E-state index is 10.3. The first-order chi connectivity index (χ1) is 13.1. The van der Waals surface area contributed by atoms with E-state index in [1.165, 1.54) is 17.5 Å². The lowest BCUT2D eigenvalue weighted by atomic mass is 10.1. The van der Waals surface area contributed by atoms with Gasteiger partial charge in [0.1, 0.15) is 18.5 Å². The highest BCUT2D eigenvalue weighted by Crippen LogP contribution is 2.35. The molecule has 5 rings (SSSR count). The van der Waals surface area contributed by atoms with Gasteiger partial charge in [-0.1, -0.05) is 24.3 Å². The van der Waals surface area contributed by atoms with Gasteiger partial charge in [-0.05, 0) is 30.9 Å². The quantitative estimate of drug-likeness (QED) is 0.645. The van der Waals surface area contributed by atoms with E-state index >= 15 is 0 Å². The summed E-state index contributed by atoms with van der Waals surface area (Å²) in [5.41, 5.74) is 3.82. The number of nitrogens with one attached hydrogen (secondary N) is 1. The second kappa shape index (κ2) is 6.26. The van der Waals surface area contributed by atoms with Crippen LogP contribution < -0.4 is 5.32 Å². The van der Waals surface area contributed by atoms with Crippen molar-refractivity contribution in [3.8, 4) is 0 Å². The molecule has 1 saturated heterocycles. The highest BCUT2D eigenvalue weighted by Gasteiger charge is 2.42. The zero-order valence-corrected chi connectivity index (χ0v) is 14.9. The molecular formula is C19H21N5O3. The van der Waals surface area contributed by atoms with E-state index in [2.05, 4.69) is 44.5 Å². The van der Waals surface area contributed by atoms with Crippen molar-refractivity contribution in [1.29, 1.82) is 0 Å². The molecular weight excluding hydrogens is 346 g/mol. The van der Waals surface area contributed by atoms with Crippen molar-refractivity contribution in [2.75, 3.05) is 5.32 Å². The zero-order valence-electron chi connectivity index (χ0n) is 14.9. The van der Waals surface area contributed by atoms with Gasteiger partial charge >= 0.3 is 0 Å². The van der Waals surface area contributed by atoms with E-state index < -0.39 is 24.5 Å². The number of hydrogen-bond donors (Lipinski definition) is 3. The first-order valence-electron chi connectivity index (χ1n) is 9.17. The average molecular weight is 367 g/mol. The minimum atomic E-state index is -1.04. The summed E-state index contributed by atoms with van der Waals surface area (Å²) in [5, 5.41) is 23.8. The molecule has 8 heteroatoms. The van der Waals surface area contributed by atoms with E-state index in [9.17, 15) is 10.2 Å². The Labute approximate surface area is 155 Å². The number of aromatic nitrogens is 4. The third-order valence-corrected chi connectivity index (χ3v) is 5.55. The molecule has 1 aliphatic heterocycles. The smallest absolute Gasteiger partial charge is 0.167 e. The van der Waals surface area contributed by atoms with Gasteiger partial charge in [0.15, 0.2) is 23.2 Å². The van der Waals surface area contributed by atoms with Crippen molar-refractivity contribution in [2.24, 2.45) is 0 Å². The Hall–Kier alpha value is -2.55. The van der Waals surface area contributed by atoms with Crippen molar-refractivity contribution in [3.05, 3.63) is 48.0 Å². The van der Waals surface area contributed by atoms with Gasteiger partial charge in [-0.2, -0.15) is 0 Å². The lowest BCUT2D eigenvalue weighted by Crippen LogP contribution is -2.30. The minimum Gasteiger partial charge on any atom is -0.388 e. The van der Waals surface area contributed by atoms with Crippen LogP contribution in [0.3, 0.4) is 0 Å². The number of fused-ring (bicyclic) bond motifs is 2. The Morgan fingerprint density at radius 3 is 2.81 bits per heavy atom. The fourth-order valence-electron chi connectivity index (χ4n) is 4.07. The van der Waals surface area contributed by atoms with Crippen LogP contribution in [-0.4, -0.2) is 48.0 Å². The molecule has 1 aliphatic carbocycles. The van der Waals surface area contributed by atoms with Crippen LogP contribution >= 0.6 is 0 Å². The van der Waals surface area contributed by atoms with E-state index in [0.29, 0.717) is 17.0 Å². The van der Waals surface area contributed by atoms with Crippen LogP contribution in [0.15, 0.2) is 36.9 Å². The molecule has 0 bridgehead atoms. The number of anilines is 1. The van der Waals surface area contributed by atoms with E-state index in [4.69, 9.17) is 4.74 Å². The molecule has 2 aliphatic rings. The summed E-state index contributed by atoms with van der Waals surface area (Å²) in [6, 6.07) is 8.59. The Morgan fingerprint density at radius 1 is 1.15 bits per heavy atom. The maximum Gasteiger partial charge on any atom is 0.167 e. The predicted octanol–water partition coefficient (Wildman–Crippen LogP) is 1.56. The van der Waals surface area contributed by atoms with Crippen LogP contribution in [0.5, 0.6) is 0 Å². The van der Waals surface area contributed by atoms with Crippen molar-refractivity contribution < 1.29 is 14.9 Å². The molecule has 1 unspecified atom stereocenters. The van der Waals surface area contributed by atoms with Crippen LogP contribution in [0.4, 0.5) is 5.82 Å².